The molecule has 1 amide bonds. The highest BCUT2D eigenvalue weighted by molar-refractivity contribution is 6.31. The van der Waals surface area contributed by atoms with Crippen molar-refractivity contribution in [1.29, 1.82) is 0 Å². The first-order valence-corrected chi connectivity index (χ1v) is 9.15. The number of nitrogens with zero attached hydrogens (tertiary/aromatic N) is 1. The van der Waals surface area contributed by atoms with Gasteiger partial charge in [-0.2, -0.15) is 0 Å². The smallest absolute Gasteiger partial charge is 0.290 e. The van der Waals surface area contributed by atoms with Crippen LogP contribution in [0, 0.1) is 0 Å². The first-order valence-electron chi connectivity index (χ1n) is 8.77. The number of hydrogen-bond donors (Lipinski definition) is 0. The van der Waals surface area contributed by atoms with Gasteiger partial charge in [-0.25, -0.2) is 0 Å². The molecule has 0 saturated carbocycles. The predicted octanol–water partition coefficient (Wildman–Crippen LogP) is 4.41. The highest BCUT2D eigenvalue weighted by atomic mass is 35.5. The summed E-state index contributed by atoms with van der Waals surface area (Å²) in [6, 6.07) is 11.7. The summed E-state index contributed by atoms with van der Waals surface area (Å²) in [5.41, 5.74) is 1.25. The molecule has 2 aromatic carbocycles. The maximum absolute atomic E-state index is 13.2. The summed E-state index contributed by atoms with van der Waals surface area (Å²) in [5.74, 6) is 0.475. The number of ether oxygens (including phenoxy) is 1. The second-order valence-corrected chi connectivity index (χ2v) is 6.99. The van der Waals surface area contributed by atoms with E-state index in [2.05, 4.69) is 0 Å². The van der Waals surface area contributed by atoms with Gasteiger partial charge in [0.25, 0.3) is 5.91 Å². The van der Waals surface area contributed by atoms with E-state index in [-0.39, 0.29) is 17.1 Å². The van der Waals surface area contributed by atoms with Crippen molar-refractivity contribution in [2.75, 3.05) is 13.7 Å². The number of rotatable bonds is 4. The Labute approximate surface area is 161 Å². The van der Waals surface area contributed by atoms with Gasteiger partial charge in [-0.15, -0.1) is 0 Å². The Bertz CT molecular complexity index is 1110. The summed E-state index contributed by atoms with van der Waals surface area (Å²) in [6.45, 7) is 2.63. The van der Waals surface area contributed by atoms with E-state index in [1.807, 2.05) is 31.2 Å². The molecule has 0 saturated heterocycles. The van der Waals surface area contributed by atoms with E-state index < -0.39 is 6.04 Å². The summed E-state index contributed by atoms with van der Waals surface area (Å²) in [6.07, 6.45) is 0.894. The Hall–Kier alpha value is -2.79. The summed E-state index contributed by atoms with van der Waals surface area (Å²) in [7, 11) is 1.67. The molecule has 138 valence electrons. The van der Waals surface area contributed by atoms with Gasteiger partial charge in [0.2, 0.25) is 5.76 Å². The van der Waals surface area contributed by atoms with Crippen LogP contribution in [0.3, 0.4) is 0 Å². The van der Waals surface area contributed by atoms with Gasteiger partial charge in [-0.05, 0) is 42.3 Å². The van der Waals surface area contributed by atoms with E-state index in [0.717, 1.165) is 12.0 Å². The maximum atomic E-state index is 13.2. The maximum Gasteiger partial charge on any atom is 0.290 e. The van der Waals surface area contributed by atoms with Gasteiger partial charge in [0.15, 0.2) is 5.43 Å². The lowest BCUT2D eigenvalue weighted by atomic mass is 9.98. The minimum absolute atomic E-state index is 0.0854. The van der Waals surface area contributed by atoms with E-state index >= 15 is 0 Å². The van der Waals surface area contributed by atoms with Crippen LogP contribution in [-0.4, -0.2) is 24.5 Å². The van der Waals surface area contributed by atoms with Gasteiger partial charge >= 0.3 is 0 Å². The molecular formula is C21H18ClNO4. The van der Waals surface area contributed by atoms with Crippen LogP contribution in [0.4, 0.5) is 0 Å². The number of benzene rings is 2. The van der Waals surface area contributed by atoms with Crippen LogP contribution in [0.1, 0.15) is 41.1 Å². The number of fused-ring (bicyclic) bond motifs is 2. The van der Waals surface area contributed by atoms with Crippen LogP contribution in [-0.2, 0) is 0 Å². The van der Waals surface area contributed by atoms with Crippen molar-refractivity contribution in [3.05, 3.63) is 74.6 Å². The summed E-state index contributed by atoms with van der Waals surface area (Å²) in [4.78, 5) is 27.4. The number of carbonyl (C=O) groups excluding carboxylic acids is 1. The Morgan fingerprint density at radius 2 is 2.00 bits per heavy atom. The first kappa shape index (κ1) is 17.6. The zero-order chi connectivity index (χ0) is 19.1. The van der Waals surface area contributed by atoms with Gasteiger partial charge in [-0.1, -0.05) is 30.7 Å². The third kappa shape index (κ3) is 2.88. The van der Waals surface area contributed by atoms with Crippen LogP contribution < -0.4 is 10.2 Å². The molecule has 0 fully saturated rings. The molecule has 1 aliphatic rings. The fourth-order valence-electron chi connectivity index (χ4n) is 3.44. The normalized spacial score (nSPS) is 16.0. The molecule has 1 atom stereocenters. The quantitative estimate of drug-likeness (QED) is 0.669. The Morgan fingerprint density at radius 3 is 2.78 bits per heavy atom. The molecule has 6 heteroatoms. The van der Waals surface area contributed by atoms with Crippen molar-refractivity contribution in [1.82, 2.24) is 4.90 Å². The van der Waals surface area contributed by atoms with Gasteiger partial charge in [0.05, 0.1) is 23.6 Å². The summed E-state index contributed by atoms with van der Waals surface area (Å²) < 4.78 is 11.5. The van der Waals surface area contributed by atoms with Crippen LogP contribution in [0.25, 0.3) is 11.0 Å². The van der Waals surface area contributed by atoms with Crippen molar-refractivity contribution < 1.29 is 13.9 Å². The lowest BCUT2D eigenvalue weighted by molar-refractivity contribution is 0.0771. The minimum Gasteiger partial charge on any atom is -0.494 e. The van der Waals surface area contributed by atoms with E-state index in [4.69, 9.17) is 20.8 Å². The molecule has 0 N–H and O–H groups in total. The number of hydrogen-bond acceptors (Lipinski definition) is 4. The van der Waals surface area contributed by atoms with E-state index in [9.17, 15) is 9.59 Å². The predicted molar refractivity (Wildman–Crippen MR) is 104 cm³/mol. The topological polar surface area (TPSA) is 59.8 Å². The van der Waals surface area contributed by atoms with Crippen LogP contribution in [0.5, 0.6) is 5.75 Å². The lowest BCUT2D eigenvalue weighted by Crippen LogP contribution is -2.25. The van der Waals surface area contributed by atoms with Crippen molar-refractivity contribution in [3.8, 4) is 5.75 Å². The van der Waals surface area contributed by atoms with Gasteiger partial charge in [0, 0.05) is 12.1 Å². The molecule has 1 aliphatic heterocycles. The lowest BCUT2D eigenvalue weighted by Gasteiger charge is -2.21. The average molecular weight is 384 g/mol. The third-order valence-electron chi connectivity index (χ3n) is 4.71. The van der Waals surface area contributed by atoms with Gasteiger partial charge in [0.1, 0.15) is 11.3 Å². The molecule has 0 aliphatic carbocycles. The Morgan fingerprint density at radius 1 is 1.19 bits per heavy atom. The first-order chi connectivity index (χ1) is 13.0. The molecule has 0 spiro atoms. The molecular weight excluding hydrogens is 366 g/mol. The number of halogens is 1. The largest absolute Gasteiger partial charge is 0.494 e. The highest BCUT2D eigenvalue weighted by Gasteiger charge is 2.40. The van der Waals surface area contributed by atoms with Crippen molar-refractivity contribution in [2.45, 2.75) is 19.4 Å². The van der Waals surface area contributed by atoms with E-state index in [1.54, 1.807) is 25.2 Å². The Kier molecular flexibility index (Phi) is 4.40. The third-order valence-corrected chi connectivity index (χ3v) is 4.94. The van der Waals surface area contributed by atoms with Crippen LogP contribution in [0.15, 0.2) is 51.7 Å². The molecule has 0 radical (unpaired) electrons. The summed E-state index contributed by atoms with van der Waals surface area (Å²) >= 11 is 6.05. The zero-order valence-corrected chi connectivity index (χ0v) is 15.7. The zero-order valence-electron chi connectivity index (χ0n) is 15.0. The Balaban J connectivity index is 1.90. The molecule has 27 heavy (non-hydrogen) atoms. The highest BCUT2D eigenvalue weighted by Crippen LogP contribution is 2.38. The van der Waals surface area contributed by atoms with Crippen molar-refractivity contribution in [2.24, 2.45) is 0 Å². The second-order valence-electron chi connectivity index (χ2n) is 6.55. The monoisotopic (exact) mass is 383 g/mol. The van der Waals surface area contributed by atoms with Crippen molar-refractivity contribution >= 4 is 28.5 Å². The standard InChI is InChI=1S/C21H18ClNO4/c1-3-9-26-14-6-4-5-12(10-14)18-17-19(24)15-11-13(22)7-8-16(15)27-20(17)21(25)23(18)2/h4-8,10-11,18H,3,9H2,1-2H3. The van der Waals surface area contributed by atoms with Crippen LogP contribution >= 0.6 is 11.6 Å². The number of amides is 1. The molecule has 5 nitrogen and oxygen atoms in total. The molecule has 1 aromatic heterocycles. The van der Waals surface area contributed by atoms with E-state index in [1.165, 1.54) is 4.90 Å². The minimum atomic E-state index is -0.530. The fraction of sp³-hybridized carbons (Fsp3) is 0.238. The second kappa shape index (κ2) is 6.74. The molecule has 0 bridgehead atoms. The SMILES string of the molecule is CCCOc1cccc(C2c3c(oc4ccc(Cl)cc4c3=O)C(=O)N2C)c1. The van der Waals surface area contributed by atoms with Crippen LogP contribution in [0.2, 0.25) is 5.02 Å². The number of carbonyl (C=O) groups is 1. The molecule has 1 unspecified atom stereocenters. The molecule has 4 rings (SSSR count). The molecule has 2 heterocycles. The van der Waals surface area contributed by atoms with Gasteiger partial charge in [-0.3, -0.25) is 9.59 Å². The van der Waals surface area contributed by atoms with Gasteiger partial charge < -0.3 is 14.1 Å². The van der Waals surface area contributed by atoms with Crippen molar-refractivity contribution in [3.63, 3.8) is 0 Å². The summed E-state index contributed by atoms with van der Waals surface area (Å²) in [5, 5.41) is 0.812. The van der Waals surface area contributed by atoms with E-state index in [0.29, 0.717) is 33.9 Å². The fourth-order valence-corrected chi connectivity index (χ4v) is 3.62. The molecule has 3 aromatic rings. The average Bonchev–Trinajstić information content (AvgIpc) is 2.92.